The maximum absolute atomic E-state index is 6.05. The van der Waals surface area contributed by atoms with E-state index in [0.717, 1.165) is 16.8 Å². The zero-order valence-corrected chi connectivity index (χ0v) is 13.1. The molecule has 0 unspecified atom stereocenters. The van der Waals surface area contributed by atoms with Crippen molar-refractivity contribution >= 4 is 12.6 Å². The summed E-state index contributed by atoms with van der Waals surface area (Å²) in [6.45, 7) is 10.2. The number of hydrogen-bond donors (Lipinski definition) is 0. The molecule has 1 fully saturated rings. The first-order chi connectivity index (χ1) is 9.80. The first kappa shape index (κ1) is 14.3. The molecule has 0 amide bonds. The molecule has 1 aliphatic heterocycles. The predicted molar refractivity (Wildman–Crippen MR) is 81.8 cm³/mol. The fourth-order valence-electron chi connectivity index (χ4n) is 2.33. The minimum absolute atomic E-state index is 0.341. The minimum Gasteiger partial charge on any atom is -0.399 e. The molecule has 110 valence electrons. The molecule has 0 bridgehead atoms. The quantitative estimate of drug-likeness (QED) is 0.790. The van der Waals surface area contributed by atoms with Crippen LogP contribution in [0.3, 0.4) is 0 Å². The van der Waals surface area contributed by atoms with Crippen LogP contribution < -0.4 is 5.46 Å². The zero-order chi connectivity index (χ0) is 15.3. The lowest BCUT2D eigenvalue weighted by atomic mass is 9.80. The van der Waals surface area contributed by atoms with E-state index in [1.807, 2.05) is 52.9 Å². The molecule has 0 radical (unpaired) electrons. The number of hydrogen-bond acceptors (Lipinski definition) is 4. The summed E-state index contributed by atoms with van der Waals surface area (Å²) in [7, 11) is -0.382. The smallest absolute Gasteiger partial charge is 0.399 e. The van der Waals surface area contributed by atoms with Gasteiger partial charge in [-0.1, -0.05) is 6.07 Å². The van der Waals surface area contributed by atoms with Crippen LogP contribution in [0.15, 0.2) is 30.7 Å². The summed E-state index contributed by atoms with van der Waals surface area (Å²) >= 11 is 0. The van der Waals surface area contributed by atoms with Crippen LogP contribution in [0.25, 0.3) is 5.82 Å². The largest absolute Gasteiger partial charge is 0.496 e. The topological polar surface area (TPSA) is 49.2 Å². The molecule has 21 heavy (non-hydrogen) atoms. The maximum atomic E-state index is 6.05. The van der Waals surface area contributed by atoms with Crippen LogP contribution in [-0.4, -0.2) is 33.1 Å². The monoisotopic (exact) mass is 285 g/mol. The lowest BCUT2D eigenvalue weighted by molar-refractivity contribution is 0.00578. The van der Waals surface area contributed by atoms with E-state index in [2.05, 4.69) is 10.1 Å². The Morgan fingerprint density at radius 3 is 2.33 bits per heavy atom. The summed E-state index contributed by atoms with van der Waals surface area (Å²) in [5, 5.41) is 4.21. The van der Waals surface area contributed by atoms with Crippen molar-refractivity contribution in [1.82, 2.24) is 14.8 Å². The van der Waals surface area contributed by atoms with E-state index in [1.54, 1.807) is 17.1 Å². The average molecular weight is 285 g/mol. The van der Waals surface area contributed by atoms with Crippen molar-refractivity contribution in [3.05, 3.63) is 36.3 Å². The number of aryl methyl sites for hydroxylation is 1. The van der Waals surface area contributed by atoms with Gasteiger partial charge in [0.2, 0.25) is 0 Å². The molecule has 0 atom stereocenters. The van der Waals surface area contributed by atoms with Crippen molar-refractivity contribution in [1.29, 1.82) is 0 Å². The van der Waals surface area contributed by atoms with E-state index >= 15 is 0 Å². The molecule has 0 aliphatic carbocycles. The SMILES string of the molecule is Cc1cc(B2OC(C)(C)C(C)(C)O2)cnc1-n1cccn1. The highest BCUT2D eigenvalue weighted by Gasteiger charge is 2.51. The van der Waals surface area contributed by atoms with Gasteiger partial charge in [0.05, 0.1) is 11.2 Å². The van der Waals surface area contributed by atoms with Gasteiger partial charge < -0.3 is 9.31 Å². The van der Waals surface area contributed by atoms with Crippen molar-refractivity contribution in [2.45, 2.75) is 45.8 Å². The number of rotatable bonds is 2. The molecule has 5 nitrogen and oxygen atoms in total. The molecule has 0 aromatic carbocycles. The van der Waals surface area contributed by atoms with Gasteiger partial charge in [-0.2, -0.15) is 5.10 Å². The zero-order valence-electron chi connectivity index (χ0n) is 13.1. The van der Waals surface area contributed by atoms with Crippen LogP contribution >= 0.6 is 0 Å². The average Bonchev–Trinajstić information content (AvgIpc) is 2.96. The van der Waals surface area contributed by atoms with Crippen molar-refractivity contribution in [3.8, 4) is 5.82 Å². The van der Waals surface area contributed by atoms with Gasteiger partial charge in [0.1, 0.15) is 0 Å². The van der Waals surface area contributed by atoms with Gasteiger partial charge in [-0.3, -0.25) is 0 Å². The molecule has 6 heteroatoms. The highest BCUT2D eigenvalue weighted by Crippen LogP contribution is 2.36. The second kappa shape index (κ2) is 4.68. The van der Waals surface area contributed by atoms with Crippen LogP contribution in [-0.2, 0) is 9.31 Å². The summed E-state index contributed by atoms with van der Waals surface area (Å²) in [4.78, 5) is 4.50. The van der Waals surface area contributed by atoms with Crippen molar-refractivity contribution in [2.24, 2.45) is 0 Å². The van der Waals surface area contributed by atoms with Crippen LogP contribution in [0.5, 0.6) is 0 Å². The molecule has 0 saturated carbocycles. The van der Waals surface area contributed by atoms with Crippen LogP contribution in [0.1, 0.15) is 33.3 Å². The van der Waals surface area contributed by atoms with Gasteiger partial charge in [-0.15, -0.1) is 0 Å². The minimum atomic E-state index is -0.382. The second-order valence-electron chi connectivity index (χ2n) is 6.45. The van der Waals surface area contributed by atoms with E-state index in [-0.39, 0.29) is 18.3 Å². The fourth-order valence-corrected chi connectivity index (χ4v) is 2.33. The summed E-state index contributed by atoms with van der Waals surface area (Å²) in [5.74, 6) is 0.820. The maximum Gasteiger partial charge on any atom is 0.496 e. The third-order valence-corrected chi connectivity index (χ3v) is 4.32. The van der Waals surface area contributed by atoms with Gasteiger partial charge in [0.25, 0.3) is 0 Å². The number of nitrogens with zero attached hydrogens (tertiary/aromatic N) is 3. The summed E-state index contributed by atoms with van der Waals surface area (Å²) in [5.41, 5.74) is 1.28. The molecular weight excluding hydrogens is 265 g/mol. The summed E-state index contributed by atoms with van der Waals surface area (Å²) in [6.07, 6.45) is 5.42. The molecule has 1 aliphatic rings. The standard InChI is InChI=1S/C15H20BN3O2/c1-11-9-12(10-17-13(11)19-8-6-7-18-19)16-20-14(2,3)15(4,5)21-16/h6-10H,1-5H3. The van der Waals surface area contributed by atoms with E-state index in [4.69, 9.17) is 9.31 Å². The predicted octanol–water partition coefficient (Wildman–Crippen LogP) is 1.87. The van der Waals surface area contributed by atoms with Crippen LogP contribution in [0.2, 0.25) is 0 Å². The van der Waals surface area contributed by atoms with Gasteiger partial charge in [-0.25, -0.2) is 9.67 Å². The summed E-state index contributed by atoms with van der Waals surface area (Å²) < 4.78 is 13.9. The second-order valence-corrected chi connectivity index (χ2v) is 6.45. The van der Waals surface area contributed by atoms with E-state index < -0.39 is 0 Å². The molecule has 0 spiro atoms. The van der Waals surface area contributed by atoms with Gasteiger partial charge in [0.15, 0.2) is 5.82 Å². The molecule has 2 aromatic rings. The Bertz CT molecular complexity index is 637. The Labute approximate surface area is 125 Å². The third kappa shape index (κ3) is 2.38. The Kier molecular flexibility index (Phi) is 3.18. The Morgan fingerprint density at radius 2 is 1.81 bits per heavy atom. The summed E-state index contributed by atoms with van der Waals surface area (Å²) in [6, 6.07) is 3.93. The first-order valence-electron chi connectivity index (χ1n) is 7.12. The molecule has 3 rings (SSSR count). The molecular formula is C15H20BN3O2. The third-order valence-electron chi connectivity index (χ3n) is 4.32. The highest BCUT2D eigenvalue weighted by atomic mass is 16.7. The fraction of sp³-hybridized carbons (Fsp3) is 0.467. The van der Waals surface area contributed by atoms with Gasteiger partial charge in [-0.05, 0) is 46.2 Å². The highest BCUT2D eigenvalue weighted by molar-refractivity contribution is 6.62. The molecule has 3 heterocycles. The lowest BCUT2D eigenvalue weighted by Gasteiger charge is -2.32. The number of pyridine rings is 1. The molecule has 2 aromatic heterocycles. The normalized spacial score (nSPS) is 20.0. The van der Waals surface area contributed by atoms with Gasteiger partial charge in [0, 0.05) is 24.1 Å². The van der Waals surface area contributed by atoms with Crippen molar-refractivity contribution in [3.63, 3.8) is 0 Å². The van der Waals surface area contributed by atoms with E-state index in [0.29, 0.717) is 0 Å². The van der Waals surface area contributed by atoms with Gasteiger partial charge >= 0.3 is 7.12 Å². The van der Waals surface area contributed by atoms with Crippen LogP contribution in [0, 0.1) is 6.92 Å². The first-order valence-corrected chi connectivity index (χ1v) is 7.12. The van der Waals surface area contributed by atoms with E-state index in [9.17, 15) is 0 Å². The number of aromatic nitrogens is 3. The van der Waals surface area contributed by atoms with E-state index in [1.165, 1.54) is 0 Å². The Morgan fingerprint density at radius 1 is 1.14 bits per heavy atom. The van der Waals surface area contributed by atoms with Crippen molar-refractivity contribution in [2.75, 3.05) is 0 Å². The van der Waals surface area contributed by atoms with Crippen LogP contribution in [0.4, 0.5) is 0 Å². The Balaban J connectivity index is 1.90. The molecule has 0 N–H and O–H groups in total. The van der Waals surface area contributed by atoms with Crippen molar-refractivity contribution < 1.29 is 9.31 Å². The molecule has 1 saturated heterocycles. The lowest BCUT2D eigenvalue weighted by Crippen LogP contribution is -2.41. The Hall–Kier alpha value is -1.66.